The summed E-state index contributed by atoms with van der Waals surface area (Å²) in [6, 6.07) is 13.6. The Morgan fingerprint density at radius 2 is 1.84 bits per heavy atom. The van der Waals surface area contributed by atoms with E-state index in [1.807, 2.05) is 11.3 Å². The van der Waals surface area contributed by atoms with E-state index in [1.54, 1.807) is 0 Å². The molecular weight excluding hydrogens is 324 g/mol. The zero-order chi connectivity index (χ0) is 17.8. The normalized spacial score (nSPS) is 18.8. The van der Waals surface area contributed by atoms with Crippen molar-refractivity contribution in [2.75, 3.05) is 7.05 Å². The lowest BCUT2D eigenvalue weighted by atomic mass is 9.87. The van der Waals surface area contributed by atoms with Gasteiger partial charge < -0.3 is 4.90 Å². The Bertz CT molecular complexity index is 961. The molecule has 1 unspecified atom stereocenters. The van der Waals surface area contributed by atoms with E-state index in [1.165, 1.54) is 31.3 Å². The smallest absolute Gasteiger partial charge is 0.115 e. The van der Waals surface area contributed by atoms with Crippen LogP contribution >= 0.6 is 11.3 Å². The fourth-order valence-corrected chi connectivity index (χ4v) is 4.82. The molecule has 1 aliphatic heterocycles. The monoisotopic (exact) mass is 350 g/mol. The van der Waals surface area contributed by atoms with E-state index in [4.69, 9.17) is 0 Å². The third kappa shape index (κ3) is 2.76. The lowest BCUT2D eigenvalue weighted by molar-refractivity contribution is 0.194. The standard InChI is InChI=1S/C22H26N2S/c1-14(22(2,3)4)23-21-20-18(12-13-24(21)5)17-11-10-15-8-6-7-9-16(15)19(17)25-20/h6-14,21,23H,1-5H3/t14-,21?/m1/s1. The van der Waals surface area contributed by atoms with Gasteiger partial charge in [0.2, 0.25) is 0 Å². The van der Waals surface area contributed by atoms with Crippen LogP contribution in [-0.4, -0.2) is 18.0 Å². The molecule has 0 amide bonds. The molecule has 3 heteroatoms. The quantitative estimate of drug-likeness (QED) is 0.610. The number of hydrogen-bond donors (Lipinski definition) is 1. The van der Waals surface area contributed by atoms with Crippen LogP contribution in [0.25, 0.3) is 26.9 Å². The van der Waals surface area contributed by atoms with Gasteiger partial charge in [-0.3, -0.25) is 5.32 Å². The molecule has 0 spiro atoms. The van der Waals surface area contributed by atoms with Gasteiger partial charge in [-0.1, -0.05) is 57.2 Å². The van der Waals surface area contributed by atoms with Crippen molar-refractivity contribution < 1.29 is 0 Å². The first-order chi connectivity index (χ1) is 11.9. The number of hydrogen-bond acceptors (Lipinski definition) is 3. The number of benzene rings is 2. The molecule has 0 saturated heterocycles. The van der Waals surface area contributed by atoms with Crippen LogP contribution in [0.1, 0.15) is 44.3 Å². The molecule has 2 aromatic carbocycles. The lowest BCUT2D eigenvalue weighted by Crippen LogP contribution is -2.44. The Labute approximate surface area is 154 Å². The predicted molar refractivity (Wildman–Crippen MR) is 111 cm³/mol. The summed E-state index contributed by atoms with van der Waals surface area (Å²) in [5.41, 5.74) is 1.61. The lowest BCUT2D eigenvalue weighted by Gasteiger charge is -2.37. The molecular formula is C22H26N2S. The highest BCUT2D eigenvalue weighted by molar-refractivity contribution is 7.20. The average molecular weight is 351 g/mol. The second-order valence-corrected chi connectivity index (χ2v) is 9.23. The van der Waals surface area contributed by atoms with Crippen LogP contribution < -0.4 is 5.32 Å². The van der Waals surface area contributed by atoms with Crippen molar-refractivity contribution in [3.05, 3.63) is 53.0 Å². The Balaban J connectivity index is 1.86. The summed E-state index contributed by atoms with van der Waals surface area (Å²) in [4.78, 5) is 3.72. The summed E-state index contributed by atoms with van der Waals surface area (Å²) >= 11 is 1.94. The highest BCUT2D eigenvalue weighted by Crippen LogP contribution is 2.43. The number of fused-ring (bicyclic) bond motifs is 5. The molecule has 2 atom stereocenters. The van der Waals surface area contributed by atoms with Crippen LogP contribution in [0.2, 0.25) is 0 Å². The number of nitrogens with zero attached hydrogens (tertiary/aromatic N) is 1. The maximum Gasteiger partial charge on any atom is 0.115 e. The third-order valence-electron chi connectivity index (χ3n) is 5.49. The van der Waals surface area contributed by atoms with E-state index in [2.05, 4.69) is 93.6 Å². The minimum absolute atomic E-state index is 0.227. The molecule has 0 bridgehead atoms. The number of thiophene rings is 1. The van der Waals surface area contributed by atoms with Gasteiger partial charge >= 0.3 is 0 Å². The summed E-state index contributed by atoms with van der Waals surface area (Å²) in [7, 11) is 2.16. The van der Waals surface area contributed by atoms with Crippen molar-refractivity contribution in [2.24, 2.45) is 5.41 Å². The second-order valence-electron chi connectivity index (χ2n) is 8.18. The first kappa shape index (κ1) is 16.6. The molecule has 0 saturated carbocycles. The van der Waals surface area contributed by atoms with Gasteiger partial charge in [-0.05, 0) is 29.2 Å². The third-order valence-corrected chi connectivity index (χ3v) is 6.79. The molecule has 25 heavy (non-hydrogen) atoms. The van der Waals surface area contributed by atoms with Gasteiger partial charge in [0.25, 0.3) is 0 Å². The Kier molecular flexibility index (Phi) is 3.89. The van der Waals surface area contributed by atoms with Gasteiger partial charge in [0.15, 0.2) is 0 Å². The minimum atomic E-state index is 0.227. The van der Waals surface area contributed by atoms with Crippen molar-refractivity contribution in [3.63, 3.8) is 0 Å². The zero-order valence-corrected chi connectivity index (χ0v) is 16.4. The zero-order valence-electron chi connectivity index (χ0n) is 15.6. The molecule has 0 fully saturated rings. The van der Waals surface area contributed by atoms with Gasteiger partial charge in [0.05, 0.1) is 4.88 Å². The predicted octanol–water partition coefficient (Wildman–Crippen LogP) is 5.99. The van der Waals surface area contributed by atoms with E-state index in [-0.39, 0.29) is 11.6 Å². The van der Waals surface area contributed by atoms with Gasteiger partial charge in [0.1, 0.15) is 6.17 Å². The summed E-state index contributed by atoms with van der Waals surface area (Å²) < 4.78 is 1.40. The Morgan fingerprint density at radius 3 is 2.60 bits per heavy atom. The number of rotatable bonds is 2. The van der Waals surface area contributed by atoms with Crippen LogP contribution in [-0.2, 0) is 0 Å². The molecule has 2 heterocycles. The molecule has 1 aromatic heterocycles. The van der Waals surface area contributed by atoms with E-state index >= 15 is 0 Å². The van der Waals surface area contributed by atoms with Crippen LogP contribution in [0.4, 0.5) is 0 Å². The molecule has 0 radical (unpaired) electrons. The fraction of sp³-hybridized carbons (Fsp3) is 0.364. The molecule has 0 aliphatic carbocycles. The van der Waals surface area contributed by atoms with E-state index in [0.29, 0.717) is 6.04 Å². The van der Waals surface area contributed by atoms with Gasteiger partial charge in [-0.25, -0.2) is 0 Å². The maximum absolute atomic E-state index is 3.86. The van der Waals surface area contributed by atoms with Crippen molar-refractivity contribution in [1.29, 1.82) is 0 Å². The molecule has 1 aliphatic rings. The summed E-state index contributed by atoms with van der Waals surface area (Å²) in [6.07, 6.45) is 4.70. The van der Waals surface area contributed by atoms with Crippen molar-refractivity contribution >= 4 is 38.3 Å². The van der Waals surface area contributed by atoms with Crippen molar-refractivity contribution in [2.45, 2.75) is 39.9 Å². The van der Waals surface area contributed by atoms with Crippen LogP contribution in [0, 0.1) is 5.41 Å². The highest BCUT2D eigenvalue weighted by Gasteiger charge is 2.30. The SMILES string of the molecule is C[C@@H](NC1c2sc3c(ccc4ccccc43)c2C=CN1C)C(C)(C)C. The van der Waals surface area contributed by atoms with Gasteiger partial charge in [-0.2, -0.15) is 0 Å². The molecule has 130 valence electrons. The molecule has 3 aromatic rings. The number of nitrogens with one attached hydrogen (secondary N) is 1. The summed E-state index contributed by atoms with van der Waals surface area (Å²) in [6.45, 7) is 9.17. The summed E-state index contributed by atoms with van der Waals surface area (Å²) in [5, 5.41) is 7.91. The average Bonchev–Trinajstić information content (AvgIpc) is 2.95. The minimum Gasteiger partial charge on any atom is -0.361 e. The van der Waals surface area contributed by atoms with Crippen molar-refractivity contribution in [1.82, 2.24) is 10.2 Å². The van der Waals surface area contributed by atoms with Crippen LogP contribution in [0.3, 0.4) is 0 Å². The van der Waals surface area contributed by atoms with Gasteiger partial charge in [-0.15, -0.1) is 11.3 Å². The maximum atomic E-state index is 3.86. The summed E-state index contributed by atoms with van der Waals surface area (Å²) in [5.74, 6) is 0. The second kappa shape index (κ2) is 5.86. The molecule has 4 rings (SSSR count). The van der Waals surface area contributed by atoms with Gasteiger partial charge in [0, 0.05) is 34.9 Å². The Morgan fingerprint density at radius 1 is 1.08 bits per heavy atom. The molecule has 1 N–H and O–H groups in total. The van der Waals surface area contributed by atoms with Crippen LogP contribution in [0.5, 0.6) is 0 Å². The van der Waals surface area contributed by atoms with Crippen LogP contribution in [0.15, 0.2) is 42.6 Å². The first-order valence-electron chi connectivity index (χ1n) is 8.96. The van der Waals surface area contributed by atoms with Crippen molar-refractivity contribution in [3.8, 4) is 0 Å². The first-order valence-corrected chi connectivity index (χ1v) is 9.78. The van der Waals surface area contributed by atoms with E-state index in [9.17, 15) is 0 Å². The molecule has 2 nitrogen and oxygen atoms in total. The topological polar surface area (TPSA) is 15.3 Å². The highest BCUT2D eigenvalue weighted by atomic mass is 32.1. The van der Waals surface area contributed by atoms with E-state index in [0.717, 1.165) is 0 Å². The Hall–Kier alpha value is -1.84. The fourth-order valence-electron chi connectivity index (χ4n) is 3.38. The van der Waals surface area contributed by atoms with E-state index < -0.39 is 0 Å². The largest absolute Gasteiger partial charge is 0.361 e.